The number of rotatable bonds is 4. The minimum Gasteiger partial charge on any atom is -0.398 e. The first-order chi connectivity index (χ1) is 9.06. The highest BCUT2D eigenvalue weighted by molar-refractivity contribution is 5.47. The Balaban J connectivity index is 1.87. The second-order valence-electron chi connectivity index (χ2n) is 5.33. The van der Waals surface area contributed by atoms with Gasteiger partial charge in [-0.15, -0.1) is 0 Å². The Morgan fingerprint density at radius 1 is 1.32 bits per heavy atom. The first-order valence-corrected chi connectivity index (χ1v) is 6.85. The molecule has 1 aliphatic heterocycles. The summed E-state index contributed by atoms with van der Waals surface area (Å²) >= 11 is 0. The van der Waals surface area contributed by atoms with Crippen LogP contribution in [0.25, 0.3) is 0 Å². The highest BCUT2D eigenvalue weighted by Crippen LogP contribution is 2.25. The number of anilines is 1. The molecule has 1 saturated heterocycles. The summed E-state index contributed by atoms with van der Waals surface area (Å²) in [6.07, 6.45) is 1.66. The van der Waals surface area contributed by atoms with Crippen LogP contribution < -0.4 is 5.73 Å². The summed E-state index contributed by atoms with van der Waals surface area (Å²) in [7, 11) is 0. The fourth-order valence-electron chi connectivity index (χ4n) is 2.61. The van der Waals surface area contributed by atoms with Gasteiger partial charge in [0.15, 0.2) is 0 Å². The van der Waals surface area contributed by atoms with Crippen LogP contribution in [0.1, 0.15) is 38.4 Å². The lowest BCUT2D eigenvalue weighted by Gasteiger charge is -2.32. The molecule has 4 heteroatoms. The summed E-state index contributed by atoms with van der Waals surface area (Å²) in [4.78, 5) is 0. The molecule has 0 radical (unpaired) electrons. The SMILES string of the molecule is CC1CC(OCC(O)c2ccccc2N)CC(C)O1. The molecule has 2 rings (SSSR count). The van der Waals surface area contributed by atoms with E-state index in [1.807, 2.05) is 18.2 Å². The molecule has 0 amide bonds. The standard InChI is InChI=1S/C15H23NO3/c1-10-7-12(8-11(2)19-10)18-9-15(17)13-5-3-4-6-14(13)16/h3-6,10-12,15,17H,7-9,16H2,1-2H3. The summed E-state index contributed by atoms with van der Waals surface area (Å²) in [5.74, 6) is 0. The normalized spacial score (nSPS) is 29.1. The van der Waals surface area contributed by atoms with Crippen molar-refractivity contribution in [1.82, 2.24) is 0 Å². The zero-order chi connectivity index (χ0) is 13.8. The van der Waals surface area contributed by atoms with Crippen LogP contribution in [0.5, 0.6) is 0 Å². The average Bonchev–Trinajstić information content (AvgIpc) is 2.35. The molecule has 0 spiro atoms. The van der Waals surface area contributed by atoms with Crippen molar-refractivity contribution in [3.05, 3.63) is 29.8 Å². The van der Waals surface area contributed by atoms with Crippen LogP contribution in [-0.2, 0) is 9.47 Å². The molecule has 106 valence electrons. The number of nitrogens with two attached hydrogens (primary N) is 1. The smallest absolute Gasteiger partial charge is 0.104 e. The predicted molar refractivity (Wildman–Crippen MR) is 74.8 cm³/mol. The van der Waals surface area contributed by atoms with Crippen molar-refractivity contribution >= 4 is 5.69 Å². The van der Waals surface area contributed by atoms with Crippen LogP contribution in [0.15, 0.2) is 24.3 Å². The maximum absolute atomic E-state index is 10.1. The van der Waals surface area contributed by atoms with E-state index in [2.05, 4.69) is 13.8 Å². The maximum Gasteiger partial charge on any atom is 0.104 e. The molecule has 3 atom stereocenters. The largest absolute Gasteiger partial charge is 0.398 e. The highest BCUT2D eigenvalue weighted by Gasteiger charge is 2.25. The van der Waals surface area contributed by atoms with Crippen molar-refractivity contribution in [2.24, 2.45) is 0 Å². The number of ether oxygens (including phenoxy) is 2. The van der Waals surface area contributed by atoms with Gasteiger partial charge in [0.05, 0.1) is 24.9 Å². The third kappa shape index (κ3) is 3.93. The fraction of sp³-hybridized carbons (Fsp3) is 0.600. The molecule has 1 fully saturated rings. The lowest BCUT2D eigenvalue weighted by molar-refractivity contribution is -0.113. The van der Waals surface area contributed by atoms with Crippen molar-refractivity contribution < 1.29 is 14.6 Å². The second-order valence-corrected chi connectivity index (χ2v) is 5.33. The van der Waals surface area contributed by atoms with Crippen LogP contribution in [0.4, 0.5) is 5.69 Å². The van der Waals surface area contributed by atoms with E-state index in [1.165, 1.54) is 0 Å². The predicted octanol–water partition coefficient (Wildman–Crippen LogP) is 2.27. The monoisotopic (exact) mass is 265 g/mol. The van der Waals surface area contributed by atoms with Crippen molar-refractivity contribution in [3.63, 3.8) is 0 Å². The highest BCUT2D eigenvalue weighted by atomic mass is 16.5. The molecule has 1 heterocycles. The van der Waals surface area contributed by atoms with E-state index in [9.17, 15) is 5.11 Å². The molecule has 3 unspecified atom stereocenters. The third-order valence-corrected chi connectivity index (χ3v) is 3.50. The van der Waals surface area contributed by atoms with Crippen LogP contribution in [0.2, 0.25) is 0 Å². The molecule has 0 bridgehead atoms. The van der Waals surface area contributed by atoms with Crippen molar-refractivity contribution in [2.75, 3.05) is 12.3 Å². The zero-order valence-electron chi connectivity index (χ0n) is 11.6. The molecule has 0 aromatic heterocycles. The van der Waals surface area contributed by atoms with Gasteiger partial charge >= 0.3 is 0 Å². The van der Waals surface area contributed by atoms with Gasteiger partial charge in [-0.25, -0.2) is 0 Å². The Morgan fingerprint density at radius 3 is 2.58 bits per heavy atom. The zero-order valence-corrected chi connectivity index (χ0v) is 11.6. The van der Waals surface area contributed by atoms with Gasteiger partial charge in [-0.1, -0.05) is 18.2 Å². The molecule has 0 saturated carbocycles. The number of aliphatic hydroxyl groups is 1. The molecular formula is C15H23NO3. The van der Waals surface area contributed by atoms with Crippen LogP contribution in [0.3, 0.4) is 0 Å². The van der Waals surface area contributed by atoms with Gasteiger partial charge < -0.3 is 20.3 Å². The van der Waals surface area contributed by atoms with Gasteiger partial charge in [0, 0.05) is 11.3 Å². The number of benzene rings is 1. The van der Waals surface area contributed by atoms with Crippen LogP contribution in [0, 0.1) is 0 Å². The summed E-state index contributed by atoms with van der Waals surface area (Å²) in [5, 5.41) is 10.1. The quantitative estimate of drug-likeness (QED) is 0.820. The van der Waals surface area contributed by atoms with E-state index in [4.69, 9.17) is 15.2 Å². The first-order valence-electron chi connectivity index (χ1n) is 6.85. The minimum atomic E-state index is -0.672. The third-order valence-electron chi connectivity index (χ3n) is 3.50. The molecule has 4 nitrogen and oxygen atoms in total. The van der Waals surface area contributed by atoms with Gasteiger partial charge in [-0.05, 0) is 32.8 Å². The van der Waals surface area contributed by atoms with Gasteiger partial charge in [-0.2, -0.15) is 0 Å². The van der Waals surface area contributed by atoms with Gasteiger partial charge in [0.2, 0.25) is 0 Å². The Kier molecular flexibility index (Phi) is 4.80. The van der Waals surface area contributed by atoms with E-state index in [1.54, 1.807) is 6.07 Å². The summed E-state index contributed by atoms with van der Waals surface area (Å²) in [5.41, 5.74) is 7.17. The van der Waals surface area contributed by atoms with E-state index < -0.39 is 6.10 Å². The van der Waals surface area contributed by atoms with E-state index >= 15 is 0 Å². The number of para-hydroxylation sites is 1. The average molecular weight is 265 g/mol. The molecule has 3 N–H and O–H groups in total. The van der Waals surface area contributed by atoms with E-state index in [-0.39, 0.29) is 24.9 Å². The number of aliphatic hydroxyl groups excluding tert-OH is 1. The lowest BCUT2D eigenvalue weighted by atomic mass is 10.0. The van der Waals surface area contributed by atoms with Crippen LogP contribution >= 0.6 is 0 Å². The Hall–Kier alpha value is -1.10. The Bertz CT molecular complexity index is 400. The van der Waals surface area contributed by atoms with Crippen molar-refractivity contribution in [2.45, 2.75) is 51.1 Å². The molecule has 1 aromatic rings. The molecular weight excluding hydrogens is 242 g/mol. The maximum atomic E-state index is 10.1. The second kappa shape index (κ2) is 6.37. The first kappa shape index (κ1) is 14.3. The van der Waals surface area contributed by atoms with Crippen LogP contribution in [-0.4, -0.2) is 30.0 Å². The van der Waals surface area contributed by atoms with E-state index in [0.29, 0.717) is 5.69 Å². The molecule has 1 aliphatic rings. The summed E-state index contributed by atoms with van der Waals surface area (Å²) in [6.45, 7) is 4.38. The van der Waals surface area contributed by atoms with Gasteiger partial charge in [0.25, 0.3) is 0 Å². The number of hydrogen-bond acceptors (Lipinski definition) is 4. The minimum absolute atomic E-state index is 0.151. The van der Waals surface area contributed by atoms with Gasteiger partial charge in [-0.3, -0.25) is 0 Å². The van der Waals surface area contributed by atoms with E-state index in [0.717, 1.165) is 18.4 Å². The Morgan fingerprint density at radius 2 is 1.95 bits per heavy atom. The van der Waals surface area contributed by atoms with Crippen molar-refractivity contribution in [1.29, 1.82) is 0 Å². The summed E-state index contributed by atoms with van der Waals surface area (Å²) in [6, 6.07) is 7.34. The number of hydrogen-bond donors (Lipinski definition) is 2. The molecule has 0 aliphatic carbocycles. The summed E-state index contributed by atoms with van der Waals surface area (Å²) < 4.78 is 11.5. The fourth-order valence-corrected chi connectivity index (χ4v) is 2.61. The van der Waals surface area contributed by atoms with Gasteiger partial charge in [0.1, 0.15) is 6.10 Å². The van der Waals surface area contributed by atoms with Crippen molar-refractivity contribution in [3.8, 4) is 0 Å². The topological polar surface area (TPSA) is 64.7 Å². The Labute approximate surface area is 114 Å². The molecule has 19 heavy (non-hydrogen) atoms. The lowest BCUT2D eigenvalue weighted by Crippen LogP contribution is -2.34. The number of nitrogen functional groups attached to an aromatic ring is 1. The molecule has 1 aromatic carbocycles.